The first-order chi connectivity index (χ1) is 6.29. The SMILES string of the molecule is CCOP(OCC)C1(COC)CC1. The molecule has 0 amide bonds. The van der Waals surface area contributed by atoms with Gasteiger partial charge in [0, 0.05) is 7.11 Å². The van der Waals surface area contributed by atoms with Crippen molar-refractivity contribution in [3.63, 3.8) is 0 Å². The fraction of sp³-hybridized carbons (Fsp3) is 1.00. The molecule has 4 heteroatoms. The van der Waals surface area contributed by atoms with Crippen molar-refractivity contribution in [3.05, 3.63) is 0 Å². The summed E-state index contributed by atoms with van der Waals surface area (Å²) in [5.74, 6) is 0. The monoisotopic (exact) mass is 206 g/mol. The van der Waals surface area contributed by atoms with Crippen molar-refractivity contribution >= 4 is 8.38 Å². The van der Waals surface area contributed by atoms with E-state index < -0.39 is 8.38 Å². The van der Waals surface area contributed by atoms with Crippen LogP contribution in [-0.2, 0) is 13.8 Å². The first-order valence-electron chi connectivity index (χ1n) is 4.84. The normalized spacial score (nSPS) is 19.4. The van der Waals surface area contributed by atoms with E-state index >= 15 is 0 Å². The summed E-state index contributed by atoms with van der Waals surface area (Å²) in [6.07, 6.45) is 2.37. The largest absolute Gasteiger partial charge is 0.384 e. The summed E-state index contributed by atoms with van der Waals surface area (Å²) < 4.78 is 16.4. The molecule has 13 heavy (non-hydrogen) atoms. The van der Waals surface area contributed by atoms with Gasteiger partial charge < -0.3 is 13.8 Å². The van der Waals surface area contributed by atoms with Crippen LogP contribution in [0.25, 0.3) is 0 Å². The molecular weight excluding hydrogens is 187 g/mol. The minimum Gasteiger partial charge on any atom is -0.384 e. The van der Waals surface area contributed by atoms with Crippen molar-refractivity contribution in [2.75, 3.05) is 26.9 Å². The van der Waals surface area contributed by atoms with Gasteiger partial charge in [-0.15, -0.1) is 0 Å². The number of hydrogen-bond acceptors (Lipinski definition) is 3. The minimum atomic E-state index is -0.724. The highest BCUT2D eigenvalue weighted by Gasteiger charge is 2.52. The van der Waals surface area contributed by atoms with Crippen LogP contribution in [0.1, 0.15) is 26.7 Å². The van der Waals surface area contributed by atoms with Crippen molar-refractivity contribution in [2.45, 2.75) is 31.8 Å². The maximum atomic E-state index is 5.62. The third-order valence-electron chi connectivity index (χ3n) is 2.12. The standard InChI is InChI=1S/C9H19O3P/c1-4-11-13(12-5-2)9(6-7-9)8-10-3/h4-8H2,1-3H3. The molecule has 0 saturated heterocycles. The van der Waals surface area contributed by atoms with E-state index in [1.807, 2.05) is 13.8 Å². The van der Waals surface area contributed by atoms with Gasteiger partial charge in [-0.05, 0) is 26.7 Å². The van der Waals surface area contributed by atoms with Crippen LogP contribution in [0.3, 0.4) is 0 Å². The molecule has 1 saturated carbocycles. The average Bonchev–Trinajstić information content (AvgIpc) is 2.86. The smallest absolute Gasteiger partial charge is 0.179 e. The van der Waals surface area contributed by atoms with Gasteiger partial charge in [0.25, 0.3) is 0 Å². The van der Waals surface area contributed by atoms with E-state index in [-0.39, 0.29) is 5.16 Å². The second-order valence-corrected chi connectivity index (χ2v) is 5.23. The molecule has 0 bridgehead atoms. The third-order valence-corrected chi connectivity index (χ3v) is 4.46. The Bertz CT molecular complexity index is 142. The molecule has 0 N–H and O–H groups in total. The summed E-state index contributed by atoms with van der Waals surface area (Å²) >= 11 is 0. The maximum Gasteiger partial charge on any atom is 0.179 e. The van der Waals surface area contributed by atoms with Crippen molar-refractivity contribution < 1.29 is 13.8 Å². The van der Waals surface area contributed by atoms with Gasteiger partial charge in [0.05, 0.1) is 25.0 Å². The molecular formula is C9H19O3P. The van der Waals surface area contributed by atoms with Gasteiger partial charge in [0.2, 0.25) is 0 Å². The van der Waals surface area contributed by atoms with Crippen LogP contribution in [0.4, 0.5) is 0 Å². The van der Waals surface area contributed by atoms with Crippen molar-refractivity contribution in [3.8, 4) is 0 Å². The van der Waals surface area contributed by atoms with E-state index in [0.29, 0.717) is 0 Å². The highest BCUT2D eigenvalue weighted by atomic mass is 31.2. The molecule has 3 nitrogen and oxygen atoms in total. The zero-order valence-electron chi connectivity index (χ0n) is 8.71. The summed E-state index contributed by atoms with van der Waals surface area (Å²) in [5, 5.41) is 0.218. The fourth-order valence-corrected chi connectivity index (χ4v) is 3.14. The lowest BCUT2D eigenvalue weighted by atomic mass is 10.4. The number of rotatable bonds is 7. The van der Waals surface area contributed by atoms with Gasteiger partial charge in [-0.3, -0.25) is 0 Å². The molecule has 1 rings (SSSR count). The molecule has 0 unspecified atom stereocenters. The van der Waals surface area contributed by atoms with E-state index in [4.69, 9.17) is 13.8 Å². The molecule has 1 aliphatic rings. The van der Waals surface area contributed by atoms with Gasteiger partial charge in [-0.2, -0.15) is 0 Å². The Kier molecular flexibility index (Phi) is 4.60. The zero-order valence-corrected chi connectivity index (χ0v) is 9.60. The Morgan fingerprint density at radius 2 is 1.69 bits per heavy atom. The average molecular weight is 206 g/mol. The van der Waals surface area contributed by atoms with Gasteiger partial charge in [-0.1, -0.05) is 0 Å². The molecule has 0 aromatic heterocycles. The van der Waals surface area contributed by atoms with Crippen LogP contribution in [0, 0.1) is 0 Å². The Morgan fingerprint density at radius 3 is 2.00 bits per heavy atom. The van der Waals surface area contributed by atoms with E-state index in [2.05, 4.69) is 0 Å². The van der Waals surface area contributed by atoms with Crippen molar-refractivity contribution in [1.82, 2.24) is 0 Å². The molecule has 0 aromatic carbocycles. The Labute approximate surface area is 81.7 Å². The summed E-state index contributed by atoms with van der Waals surface area (Å²) in [6.45, 7) is 6.27. The van der Waals surface area contributed by atoms with Gasteiger partial charge in [0.15, 0.2) is 8.38 Å². The topological polar surface area (TPSA) is 27.7 Å². The van der Waals surface area contributed by atoms with E-state index in [1.165, 1.54) is 12.8 Å². The van der Waals surface area contributed by atoms with Crippen LogP contribution in [0.5, 0.6) is 0 Å². The van der Waals surface area contributed by atoms with Crippen molar-refractivity contribution in [1.29, 1.82) is 0 Å². The quantitative estimate of drug-likeness (QED) is 0.599. The van der Waals surface area contributed by atoms with Crippen LogP contribution >= 0.6 is 8.38 Å². The predicted molar refractivity (Wildman–Crippen MR) is 54.0 cm³/mol. The molecule has 0 aliphatic heterocycles. The fourth-order valence-electron chi connectivity index (χ4n) is 1.34. The first-order valence-corrected chi connectivity index (χ1v) is 6.02. The molecule has 1 fully saturated rings. The first kappa shape index (κ1) is 11.4. The molecule has 1 aliphatic carbocycles. The second-order valence-electron chi connectivity index (χ2n) is 3.25. The van der Waals surface area contributed by atoms with Crippen molar-refractivity contribution in [2.24, 2.45) is 0 Å². The highest BCUT2D eigenvalue weighted by molar-refractivity contribution is 7.49. The summed E-state index contributed by atoms with van der Waals surface area (Å²) in [6, 6.07) is 0. The van der Waals surface area contributed by atoms with Gasteiger partial charge >= 0.3 is 0 Å². The van der Waals surface area contributed by atoms with Crippen LogP contribution in [-0.4, -0.2) is 32.1 Å². The Balaban J connectivity index is 2.42. The summed E-state index contributed by atoms with van der Waals surface area (Å²) in [4.78, 5) is 0. The van der Waals surface area contributed by atoms with E-state index in [0.717, 1.165) is 19.8 Å². The van der Waals surface area contributed by atoms with Gasteiger partial charge in [-0.25, -0.2) is 0 Å². The van der Waals surface area contributed by atoms with Crippen LogP contribution < -0.4 is 0 Å². The molecule has 0 atom stereocenters. The second kappa shape index (κ2) is 5.26. The summed E-state index contributed by atoms with van der Waals surface area (Å²) in [5.41, 5.74) is 0. The van der Waals surface area contributed by atoms with E-state index in [9.17, 15) is 0 Å². The Morgan fingerprint density at radius 1 is 1.15 bits per heavy atom. The van der Waals surface area contributed by atoms with Crippen LogP contribution in [0.15, 0.2) is 0 Å². The van der Waals surface area contributed by atoms with E-state index in [1.54, 1.807) is 7.11 Å². The van der Waals surface area contributed by atoms with Gasteiger partial charge in [0.1, 0.15) is 0 Å². The number of ether oxygens (including phenoxy) is 1. The lowest BCUT2D eigenvalue weighted by molar-refractivity contribution is 0.176. The summed E-state index contributed by atoms with van der Waals surface area (Å²) in [7, 11) is 1.02. The van der Waals surface area contributed by atoms with Crippen LogP contribution in [0.2, 0.25) is 0 Å². The maximum absolute atomic E-state index is 5.62. The number of methoxy groups -OCH3 is 1. The lowest BCUT2D eigenvalue weighted by Crippen LogP contribution is -2.17. The molecule has 0 heterocycles. The lowest BCUT2D eigenvalue weighted by Gasteiger charge is -2.24. The minimum absolute atomic E-state index is 0.218. The number of hydrogen-bond donors (Lipinski definition) is 0. The highest BCUT2D eigenvalue weighted by Crippen LogP contribution is 2.65. The molecule has 0 aromatic rings. The molecule has 78 valence electrons. The third kappa shape index (κ3) is 2.88. The predicted octanol–water partition coefficient (Wildman–Crippen LogP) is 2.55. The Hall–Kier alpha value is 0.310. The molecule has 0 radical (unpaired) electrons. The zero-order chi connectivity index (χ0) is 9.73. The molecule has 0 spiro atoms.